The second kappa shape index (κ2) is 4.16. The van der Waals surface area contributed by atoms with Crippen molar-refractivity contribution in [2.24, 2.45) is 0 Å². The first-order chi connectivity index (χ1) is 9.68. The van der Waals surface area contributed by atoms with Crippen LogP contribution in [0.15, 0.2) is 47.1 Å². The molecule has 0 saturated carbocycles. The van der Waals surface area contributed by atoms with Gasteiger partial charge in [0.1, 0.15) is 15.9 Å². The molecule has 2 aromatic heterocycles. The summed E-state index contributed by atoms with van der Waals surface area (Å²) in [6.45, 7) is 2.28. The third-order valence-corrected chi connectivity index (χ3v) is 4.71. The molecule has 4 heteroatoms. The van der Waals surface area contributed by atoms with Crippen LogP contribution in [0.4, 0.5) is 0 Å². The lowest BCUT2D eigenvalue weighted by Crippen LogP contribution is -2.27. The van der Waals surface area contributed by atoms with Gasteiger partial charge in [-0.25, -0.2) is 9.97 Å². The van der Waals surface area contributed by atoms with Gasteiger partial charge in [-0.15, -0.1) is 0 Å². The van der Waals surface area contributed by atoms with Gasteiger partial charge < -0.3 is 4.57 Å². The highest BCUT2D eigenvalue weighted by Gasteiger charge is 2.38. The van der Waals surface area contributed by atoms with Gasteiger partial charge in [-0.1, -0.05) is 30.3 Å². The predicted molar refractivity (Wildman–Crippen MR) is 82.7 cm³/mol. The Labute approximate surface area is 125 Å². The average molecular weight is 328 g/mol. The Bertz CT molecular complexity index is 794. The van der Waals surface area contributed by atoms with Gasteiger partial charge in [-0.2, -0.15) is 0 Å². The Kier molecular flexibility index (Phi) is 2.51. The lowest BCUT2D eigenvalue weighted by Gasteiger charge is -2.27. The minimum atomic E-state index is -0.0564. The van der Waals surface area contributed by atoms with Gasteiger partial charge in [0.05, 0.1) is 5.54 Å². The summed E-state index contributed by atoms with van der Waals surface area (Å²) in [5.74, 6) is 1.14. The Morgan fingerprint density at radius 3 is 2.70 bits per heavy atom. The molecule has 100 valence electrons. The molecule has 3 aromatic rings. The van der Waals surface area contributed by atoms with Crippen LogP contribution in [0.3, 0.4) is 0 Å². The molecular formula is C16H14BrN3. The molecule has 4 rings (SSSR count). The highest BCUT2D eigenvalue weighted by Crippen LogP contribution is 2.40. The van der Waals surface area contributed by atoms with Crippen LogP contribution in [0.2, 0.25) is 0 Å². The number of hydrogen-bond acceptors (Lipinski definition) is 2. The molecule has 0 amide bonds. The summed E-state index contributed by atoms with van der Waals surface area (Å²) >= 11 is 3.47. The number of aryl methyl sites for hydroxylation is 1. The van der Waals surface area contributed by atoms with Crippen molar-refractivity contribution in [2.45, 2.75) is 25.3 Å². The molecule has 1 aliphatic heterocycles. The smallest absolute Gasteiger partial charge is 0.162 e. The van der Waals surface area contributed by atoms with Crippen molar-refractivity contribution in [3.63, 3.8) is 0 Å². The Morgan fingerprint density at radius 2 is 1.90 bits per heavy atom. The van der Waals surface area contributed by atoms with E-state index in [1.54, 1.807) is 0 Å². The number of fused-ring (bicyclic) bond motifs is 3. The van der Waals surface area contributed by atoms with E-state index in [4.69, 9.17) is 4.98 Å². The SMILES string of the molecule is CC1(c2ccccc2)CCc2nc3ccc(Br)nc3n21. The molecule has 0 spiro atoms. The zero-order valence-corrected chi connectivity index (χ0v) is 12.8. The second-order valence-electron chi connectivity index (χ2n) is 5.48. The minimum Gasteiger partial charge on any atom is -0.303 e. The maximum absolute atomic E-state index is 4.73. The number of imidazole rings is 1. The normalized spacial score (nSPS) is 21.3. The molecular weight excluding hydrogens is 314 g/mol. The average Bonchev–Trinajstić information content (AvgIpc) is 2.99. The van der Waals surface area contributed by atoms with E-state index < -0.39 is 0 Å². The van der Waals surface area contributed by atoms with E-state index in [1.807, 2.05) is 12.1 Å². The van der Waals surface area contributed by atoms with Crippen molar-refractivity contribution in [2.75, 3.05) is 0 Å². The standard InChI is InChI=1S/C16H14BrN3/c1-16(11-5-3-2-4-6-11)10-9-14-18-12-7-8-13(17)19-15(12)20(14)16/h2-8H,9-10H2,1H3. The number of aromatic nitrogens is 3. The summed E-state index contributed by atoms with van der Waals surface area (Å²) in [6, 6.07) is 14.6. The number of hydrogen-bond donors (Lipinski definition) is 0. The lowest BCUT2D eigenvalue weighted by molar-refractivity contribution is 0.424. The van der Waals surface area contributed by atoms with Crippen LogP contribution in [0.25, 0.3) is 11.2 Å². The van der Waals surface area contributed by atoms with Crippen molar-refractivity contribution >= 4 is 27.1 Å². The summed E-state index contributed by atoms with van der Waals surface area (Å²) in [7, 11) is 0. The molecule has 0 fully saturated rings. The van der Waals surface area contributed by atoms with Gasteiger partial charge in [0.25, 0.3) is 0 Å². The molecule has 1 unspecified atom stereocenters. The molecule has 0 N–H and O–H groups in total. The molecule has 0 aliphatic carbocycles. The highest BCUT2D eigenvalue weighted by atomic mass is 79.9. The minimum absolute atomic E-state index is 0.0564. The molecule has 3 nitrogen and oxygen atoms in total. The molecule has 1 aliphatic rings. The summed E-state index contributed by atoms with van der Waals surface area (Å²) in [5, 5.41) is 0. The molecule has 1 atom stereocenters. The lowest BCUT2D eigenvalue weighted by atomic mass is 9.90. The fourth-order valence-electron chi connectivity index (χ4n) is 3.20. The van der Waals surface area contributed by atoms with E-state index in [9.17, 15) is 0 Å². The zero-order chi connectivity index (χ0) is 13.7. The number of benzene rings is 1. The predicted octanol–water partition coefficient (Wildman–Crippen LogP) is 3.90. The van der Waals surface area contributed by atoms with Gasteiger partial charge in [0.2, 0.25) is 0 Å². The molecule has 1 aromatic carbocycles. The van der Waals surface area contributed by atoms with E-state index in [2.05, 4.69) is 62.7 Å². The van der Waals surface area contributed by atoms with Gasteiger partial charge >= 0.3 is 0 Å². The van der Waals surface area contributed by atoms with Crippen molar-refractivity contribution in [1.82, 2.24) is 14.5 Å². The number of pyridine rings is 1. The highest BCUT2D eigenvalue weighted by molar-refractivity contribution is 9.10. The second-order valence-corrected chi connectivity index (χ2v) is 6.29. The summed E-state index contributed by atoms with van der Waals surface area (Å²) in [4.78, 5) is 9.38. The first kappa shape index (κ1) is 12.1. The van der Waals surface area contributed by atoms with Crippen LogP contribution >= 0.6 is 15.9 Å². The van der Waals surface area contributed by atoms with E-state index >= 15 is 0 Å². The molecule has 0 saturated heterocycles. The molecule has 0 radical (unpaired) electrons. The first-order valence-electron chi connectivity index (χ1n) is 6.78. The third kappa shape index (κ3) is 1.57. The van der Waals surface area contributed by atoms with Crippen LogP contribution in [0, 0.1) is 0 Å². The van der Waals surface area contributed by atoms with Crippen LogP contribution in [0.1, 0.15) is 24.7 Å². The molecule has 0 bridgehead atoms. The largest absolute Gasteiger partial charge is 0.303 e. The number of nitrogens with zero attached hydrogens (tertiary/aromatic N) is 3. The molecule has 20 heavy (non-hydrogen) atoms. The summed E-state index contributed by atoms with van der Waals surface area (Å²) in [5.41, 5.74) is 3.21. The first-order valence-corrected chi connectivity index (χ1v) is 7.58. The van der Waals surface area contributed by atoms with E-state index in [1.165, 1.54) is 5.56 Å². The van der Waals surface area contributed by atoms with Crippen LogP contribution < -0.4 is 0 Å². The number of rotatable bonds is 1. The quantitative estimate of drug-likeness (QED) is 0.634. The van der Waals surface area contributed by atoms with E-state index in [0.717, 1.165) is 34.4 Å². The van der Waals surface area contributed by atoms with E-state index in [-0.39, 0.29) is 5.54 Å². The Balaban J connectivity index is 2.01. The summed E-state index contributed by atoms with van der Waals surface area (Å²) < 4.78 is 3.16. The summed E-state index contributed by atoms with van der Waals surface area (Å²) in [6.07, 6.45) is 2.07. The maximum Gasteiger partial charge on any atom is 0.162 e. The Morgan fingerprint density at radius 1 is 1.10 bits per heavy atom. The van der Waals surface area contributed by atoms with Crippen molar-refractivity contribution < 1.29 is 0 Å². The van der Waals surface area contributed by atoms with Crippen molar-refractivity contribution in [1.29, 1.82) is 0 Å². The van der Waals surface area contributed by atoms with Crippen LogP contribution in [-0.4, -0.2) is 14.5 Å². The van der Waals surface area contributed by atoms with Gasteiger partial charge in [0.15, 0.2) is 5.65 Å². The van der Waals surface area contributed by atoms with Crippen LogP contribution in [-0.2, 0) is 12.0 Å². The third-order valence-electron chi connectivity index (χ3n) is 4.26. The van der Waals surface area contributed by atoms with Crippen LogP contribution in [0.5, 0.6) is 0 Å². The monoisotopic (exact) mass is 327 g/mol. The fourth-order valence-corrected chi connectivity index (χ4v) is 3.51. The zero-order valence-electron chi connectivity index (χ0n) is 11.2. The molecule has 3 heterocycles. The topological polar surface area (TPSA) is 30.7 Å². The van der Waals surface area contributed by atoms with Gasteiger partial charge in [-0.05, 0) is 47.0 Å². The van der Waals surface area contributed by atoms with E-state index in [0.29, 0.717) is 0 Å². The van der Waals surface area contributed by atoms with Crippen molar-refractivity contribution in [3.05, 3.63) is 58.5 Å². The van der Waals surface area contributed by atoms with Crippen molar-refractivity contribution in [3.8, 4) is 0 Å². The van der Waals surface area contributed by atoms with Gasteiger partial charge in [-0.3, -0.25) is 0 Å². The fraction of sp³-hybridized carbons (Fsp3) is 0.250. The Hall–Kier alpha value is -1.68. The maximum atomic E-state index is 4.73. The van der Waals surface area contributed by atoms with Gasteiger partial charge in [0, 0.05) is 6.42 Å². The number of halogens is 1.